The van der Waals surface area contributed by atoms with Gasteiger partial charge in [-0.2, -0.15) is 4.31 Å². The first kappa shape index (κ1) is 18.1. The molecule has 0 amide bonds. The number of rotatable bonds is 4. The molecule has 2 heterocycles. The number of nitrogens with zero attached hydrogens (tertiary/aromatic N) is 2. The number of pyridine rings is 1. The Kier molecular flexibility index (Phi) is 5.24. The van der Waals surface area contributed by atoms with Gasteiger partial charge in [0.1, 0.15) is 16.5 Å². The van der Waals surface area contributed by atoms with Crippen molar-refractivity contribution >= 4 is 21.6 Å². The van der Waals surface area contributed by atoms with Crippen molar-refractivity contribution in [3.8, 4) is 11.6 Å². The number of likely N-dealkylation sites (N-methyl/N-ethyl adjacent to an activating group) is 1. The van der Waals surface area contributed by atoms with E-state index in [4.69, 9.17) is 16.3 Å². The zero-order valence-electron chi connectivity index (χ0n) is 13.6. The number of ether oxygens (including phenoxy) is 1. The minimum Gasteiger partial charge on any atom is -0.437 e. The van der Waals surface area contributed by atoms with Gasteiger partial charge in [0.05, 0.1) is 44.4 Å². The Morgan fingerprint density at radius 2 is 1.96 bits per heavy atom. The van der Waals surface area contributed by atoms with Crippen molar-refractivity contribution < 1.29 is 22.4 Å². The Hall–Kier alpha value is -1.74. The molecule has 1 aliphatic heterocycles. The number of halogens is 2. The Morgan fingerprint density at radius 1 is 1.24 bits per heavy atom. The van der Waals surface area contributed by atoms with Gasteiger partial charge in [-0.3, -0.25) is 0 Å². The second-order valence-corrected chi connectivity index (χ2v) is 8.22. The predicted molar refractivity (Wildman–Crippen MR) is 91.1 cm³/mol. The van der Waals surface area contributed by atoms with Crippen LogP contribution in [0.15, 0.2) is 41.4 Å². The number of piperazine rings is 1. The van der Waals surface area contributed by atoms with Crippen molar-refractivity contribution in [2.24, 2.45) is 0 Å². The van der Waals surface area contributed by atoms with Crippen LogP contribution in [0.5, 0.6) is 11.6 Å². The van der Waals surface area contributed by atoms with Crippen LogP contribution in [0, 0.1) is 5.82 Å². The topological polar surface area (TPSA) is 63.9 Å². The van der Waals surface area contributed by atoms with Crippen LogP contribution in [0.2, 0.25) is 5.02 Å². The van der Waals surface area contributed by atoms with E-state index in [0.29, 0.717) is 13.1 Å². The molecule has 1 aromatic heterocycles. The fraction of sp³-hybridized carbons (Fsp3) is 0.312. The second kappa shape index (κ2) is 7.25. The van der Waals surface area contributed by atoms with Gasteiger partial charge >= 0.3 is 0 Å². The summed E-state index contributed by atoms with van der Waals surface area (Å²) in [6.45, 7) is 2.52. The average molecular weight is 387 g/mol. The van der Waals surface area contributed by atoms with Gasteiger partial charge in [0.2, 0.25) is 15.9 Å². The fourth-order valence-corrected chi connectivity index (χ4v) is 4.10. The average Bonchev–Trinajstić information content (AvgIpc) is 2.58. The lowest BCUT2D eigenvalue weighted by molar-refractivity contribution is -0.883. The molecule has 0 aliphatic carbocycles. The third kappa shape index (κ3) is 4.09. The fourth-order valence-electron chi connectivity index (χ4n) is 2.51. The van der Waals surface area contributed by atoms with E-state index < -0.39 is 15.8 Å². The molecule has 0 saturated carbocycles. The molecule has 1 saturated heterocycles. The largest absolute Gasteiger partial charge is 0.437 e. The Labute approximate surface area is 150 Å². The SMILES string of the molecule is C[NH+]1CCN(S(=O)(=O)c2ccc(Oc3ccc(F)cc3Cl)nc2)CC1. The number of hydrogen-bond donors (Lipinski definition) is 1. The molecule has 0 atom stereocenters. The summed E-state index contributed by atoms with van der Waals surface area (Å²) in [6, 6.07) is 6.63. The van der Waals surface area contributed by atoms with E-state index in [1.165, 1.54) is 39.7 Å². The summed E-state index contributed by atoms with van der Waals surface area (Å²) in [7, 11) is -1.52. The van der Waals surface area contributed by atoms with Gasteiger partial charge in [0.15, 0.2) is 0 Å². The second-order valence-electron chi connectivity index (χ2n) is 5.87. The molecular formula is C16H18ClFN3O3S+. The number of quaternary nitrogens is 1. The first-order valence-electron chi connectivity index (χ1n) is 7.77. The molecule has 0 unspecified atom stereocenters. The smallest absolute Gasteiger partial charge is 0.245 e. The van der Waals surface area contributed by atoms with Crippen LogP contribution in [0.4, 0.5) is 4.39 Å². The Morgan fingerprint density at radius 3 is 2.56 bits per heavy atom. The lowest BCUT2D eigenvalue weighted by atomic mass is 10.3. The first-order chi connectivity index (χ1) is 11.9. The van der Waals surface area contributed by atoms with Crippen molar-refractivity contribution in [2.45, 2.75) is 4.90 Å². The van der Waals surface area contributed by atoms with E-state index in [0.717, 1.165) is 19.2 Å². The van der Waals surface area contributed by atoms with Crippen LogP contribution in [0.1, 0.15) is 0 Å². The normalized spacial score (nSPS) is 16.8. The summed E-state index contributed by atoms with van der Waals surface area (Å²) in [5.41, 5.74) is 0. The van der Waals surface area contributed by atoms with E-state index in [-0.39, 0.29) is 21.5 Å². The van der Waals surface area contributed by atoms with Crippen LogP contribution < -0.4 is 9.64 Å². The number of hydrogen-bond acceptors (Lipinski definition) is 4. The Bertz CT molecular complexity index is 853. The van der Waals surface area contributed by atoms with Crippen molar-refractivity contribution in [1.29, 1.82) is 0 Å². The van der Waals surface area contributed by atoms with E-state index in [9.17, 15) is 12.8 Å². The van der Waals surface area contributed by atoms with E-state index in [1.807, 2.05) is 7.05 Å². The highest BCUT2D eigenvalue weighted by molar-refractivity contribution is 7.89. The van der Waals surface area contributed by atoms with Crippen LogP contribution >= 0.6 is 11.6 Å². The Balaban J connectivity index is 1.75. The zero-order chi connectivity index (χ0) is 18.0. The maximum absolute atomic E-state index is 13.0. The van der Waals surface area contributed by atoms with Crippen LogP contribution in [0.25, 0.3) is 0 Å². The molecule has 2 aromatic rings. The number of nitrogens with one attached hydrogen (secondary N) is 1. The summed E-state index contributed by atoms with van der Waals surface area (Å²) >= 11 is 5.90. The van der Waals surface area contributed by atoms with Crippen LogP contribution in [-0.4, -0.2) is 50.9 Å². The minimum atomic E-state index is -3.56. The van der Waals surface area contributed by atoms with Gasteiger partial charge in [-0.25, -0.2) is 17.8 Å². The minimum absolute atomic E-state index is 0.110. The zero-order valence-corrected chi connectivity index (χ0v) is 15.1. The van der Waals surface area contributed by atoms with Gasteiger partial charge in [0.25, 0.3) is 0 Å². The lowest BCUT2D eigenvalue weighted by Crippen LogP contribution is -3.12. The summed E-state index contributed by atoms with van der Waals surface area (Å²) in [5.74, 6) is -0.0516. The number of aromatic nitrogens is 1. The van der Waals surface area contributed by atoms with Crippen molar-refractivity contribution in [1.82, 2.24) is 9.29 Å². The highest BCUT2D eigenvalue weighted by Gasteiger charge is 2.29. The summed E-state index contributed by atoms with van der Waals surface area (Å²) in [6.07, 6.45) is 1.26. The first-order valence-corrected chi connectivity index (χ1v) is 9.58. The van der Waals surface area contributed by atoms with Gasteiger partial charge in [-0.1, -0.05) is 11.6 Å². The van der Waals surface area contributed by atoms with Gasteiger partial charge < -0.3 is 9.64 Å². The molecule has 1 aromatic carbocycles. The molecule has 1 N–H and O–H groups in total. The molecule has 134 valence electrons. The number of benzene rings is 1. The van der Waals surface area contributed by atoms with E-state index >= 15 is 0 Å². The lowest BCUT2D eigenvalue weighted by Gasteiger charge is -2.29. The molecule has 0 spiro atoms. The summed E-state index contributed by atoms with van der Waals surface area (Å²) in [5, 5.41) is 0.110. The van der Waals surface area contributed by atoms with Gasteiger partial charge in [-0.15, -0.1) is 0 Å². The molecular weight excluding hydrogens is 369 g/mol. The molecule has 9 heteroatoms. The van der Waals surface area contributed by atoms with E-state index in [2.05, 4.69) is 4.98 Å². The van der Waals surface area contributed by atoms with Crippen molar-refractivity contribution in [2.75, 3.05) is 33.2 Å². The van der Waals surface area contributed by atoms with Gasteiger partial charge in [-0.05, 0) is 24.3 Å². The van der Waals surface area contributed by atoms with Crippen LogP contribution in [-0.2, 0) is 10.0 Å². The molecule has 25 heavy (non-hydrogen) atoms. The maximum Gasteiger partial charge on any atom is 0.245 e. The van der Waals surface area contributed by atoms with Crippen molar-refractivity contribution in [3.63, 3.8) is 0 Å². The van der Waals surface area contributed by atoms with Crippen LogP contribution in [0.3, 0.4) is 0 Å². The third-order valence-corrected chi connectivity index (χ3v) is 6.21. The molecule has 1 aliphatic rings. The highest BCUT2D eigenvalue weighted by Crippen LogP contribution is 2.29. The highest BCUT2D eigenvalue weighted by atomic mass is 35.5. The molecule has 6 nitrogen and oxygen atoms in total. The summed E-state index contributed by atoms with van der Waals surface area (Å²) in [4.78, 5) is 5.45. The quantitative estimate of drug-likeness (QED) is 0.857. The predicted octanol–water partition coefficient (Wildman–Crippen LogP) is 1.19. The van der Waals surface area contributed by atoms with Crippen molar-refractivity contribution in [3.05, 3.63) is 47.4 Å². The third-order valence-electron chi connectivity index (χ3n) is 4.03. The monoisotopic (exact) mass is 386 g/mol. The molecule has 0 bridgehead atoms. The standard InChI is InChI=1S/C16H17ClFN3O3S/c1-20-6-8-21(9-7-20)25(22,23)13-3-5-16(19-11-13)24-15-4-2-12(18)10-14(15)17/h2-5,10-11H,6-9H2,1H3/p+1. The molecule has 3 rings (SSSR count). The van der Waals surface area contributed by atoms with Gasteiger partial charge in [0, 0.05) is 6.07 Å². The number of sulfonamides is 1. The molecule has 1 fully saturated rings. The van der Waals surface area contributed by atoms with E-state index in [1.54, 1.807) is 0 Å². The summed E-state index contributed by atoms with van der Waals surface area (Å²) < 4.78 is 45.2. The maximum atomic E-state index is 13.0. The molecule has 0 radical (unpaired) electrons.